The van der Waals surface area contributed by atoms with Gasteiger partial charge in [-0.3, -0.25) is 9.69 Å². The molecule has 9 heteroatoms. The molecule has 0 aromatic carbocycles. The van der Waals surface area contributed by atoms with Crippen LogP contribution in [0.3, 0.4) is 0 Å². The molecule has 0 aromatic heterocycles. The zero-order valence-electron chi connectivity index (χ0n) is 11.8. The molecule has 1 rings (SSSR count). The summed E-state index contributed by atoms with van der Waals surface area (Å²) >= 11 is 0. The molecule has 0 radical (unpaired) electrons. The van der Waals surface area contributed by atoms with Gasteiger partial charge in [-0.05, 0) is 13.3 Å². The van der Waals surface area contributed by atoms with E-state index in [1.165, 1.54) is 11.8 Å². The molecule has 1 atom stereocenters. The van der Waals surface area contributed by atoms with E-state index in [4.69, 9.17) is 5.11 Å². The van der Waals surface area contributed by atoms with E-state index in [9.17, 15) is 22.8 Å². The summed E-state index contributed by atoms with van der Waals surface area (Å²) in [5, 5.41) is 11.0. The monoisotopic (exact) mass is 311 g/mol. The van der Waals surface area contributed by atoms with Crippen molar-refractivity contribution in [2.24, 2.45) is 0 Å². The first-order chi connectivity index (χ1) is 9.67. The number of hydrogen-bond acceptors (Lipinski definition) is 3. The standard InChI is InChI=1S/C12H20F3N3O3/c1-9(7-12(13,14)15)16-11(21)18-4-2-3-17(5-6-18)8-10(19)20/h9H,2-8H2,1H3,(H,16,21)(H,19,20). The molecule has 1 aliphatic heterocycles. The third-order valence-electron chi connectivity index (χ3n) is 3.14. The lowest BCUT2D eigenvalue weighted by Crippen LogP contribution is -2.46. The Hall–Kier alpha value is -1.51. The van der Waals surface area contributed by atoms with Crippen LogP contribution in [0, 0.1) is 0 Å². The average Bonchev–Trinajstić information content (AvgIpc) is 2.51. The topological polar surface area (TPSA) is 72.9 Å². The van der Waals surface area contributed by atoms with Crippen LogP contribution < -0.4 is 5.32 Å². The van der Waals surface area contributed by atoms with Crippen molar-refractivity contribution < 1.29 is 27.9 Å². The van der Waals surface area contributed by atoms with Crippen LogP contribution in [0.2, 0.25) is 0 Å². The first-order valence-electron chi connectivity index (χ1n) is 6.73. The van der Waals surface area contributed by atoms with E-state index in [-0.39, 0.29) is 6.54 Å². The van der Waals surface area contributed by atoms with Crippen LogP contribution in [0.15, 0.2) is 0 Å². The number of halogens is 3. The highest BCUT2D eigenvalue weighted by atomic mass is 19.4. The third kappa shape index (κ3) is 7.16. The van der Waals surface area contributed by atoms with Gasteiger partial charge < -0.3 is 15.3 Å². The second-order valence-corrected chi connectivity index (χ2v) is 5.18. The van der Waals surface area contributed by atoms with E-state index in [0.29, 0.717) is 32.6 Å². The summed E-state index contributed by atoms with van der Waals surface area (Å²) < 4.78 is 36.6. The number of carboxylic acids is 1. The Morgan fingerprint density at radius 2 is 1.90 bits per heavy atom. The van der Waals surface area contributed by atoms with Crippen molar-refractivity contribution >= 4 is 12.0 Å². The van der Waals surface area contributed by atoms with E-state index in [2.05, 4.69) is 5.32 Å². The zero-order chi connectivity index (χ0) is 16.0. The molecule has 1 unspecified atom stereocenters. The second-order valence-electron chi connectivity index (χ2n) is 5.18. The second kappa shape index (κ2) is 7.48. The number of hydrogen-bond donors (Lipinski definition) is 2. The van der Waals surface area contributed by atoms with Crippen molar-refractivity contribution in [3.63, 3.8) is 0 Å². The van der Waals surface area contributed by atoms with Crippen molar-refractivity contribution in [1.29, 1.82) is 0 Å². The molecular weight excluding hydrogens is 291 g/mol. The van der Waals surface area contributed by atoms with Crippen LogP contribution in [-0.2, 0) is 4.79 Å². The van der Waals surface area contributed by atoms with Crippen molar-refractivity contribution in [2.75, 3.05) is 32.7 Å². The van der Waals surface area contributed by atoms with Gasteiger partial charge in [0.05, 0.1) is 13.0 Å². The molecule has 0 aromatic rings. The van der Waals surface area contributed by atoms with Crippen molar-refractivity contribution in [1.82, 2.24) is 15.1 Å². The third-order valence-corrected chi connectivity index (χ3v) is 3.14. The maximum atomic E-state index is 12.2. The van der Waals surface area contributed by atoms with Gasteiger partial charge in [0.2, 0.25) is 0 Å². The fourth-order valence-electron chi connectivity index (χ4n) is 2.22. The lowest BCUT2D eigenvalue weighted by atomic mass is 10.2. The summed E-state index contributed by atoms with van der Waals surface area (Å²) in [6.45, 7) is 2.86. The predicted octanol–water partition coefficient (Wildman–Crippen LogP) is 1.13. The van der Waals surface area contributed by atoms with E-state index < -0.39 is 30.6 Å². The fourth-order valence-corrected chi connectivity index (χ4v) is 2.22. The lowest BCUT2D eigenvalue weighted by Gasteiger charge is -2.24. The van der Waals surface area contributed by atoms with Gasteiger partial charge in [-0.2, -0.15) is 13.2 Å². The van der Waals surface area contributed by atoms with E-state index in [1.807, 2.05) is 0 Å². The number of aliphatic carboxylic acids is 1. The minimum atomic E-state index is -4.32. The summed E-state index contributed by atoms with van der Waals surface area (Å²) in [7, 11) is 0. The molecule has 2 amide bonds. The SMILES string of the molecule is CC(CC(F)(F)F)NC(=O)N1CCCN(CC(=O)O)CC1. The van der Waals surface area contributed by atoms with E-state index in [0.717, 1.165) is 0 Å². The summed E-state index contributed by atoms with van der Waals surface area (Å²) in [5.41, 5.74) is 0. The molecule has 1 aliphatic rings. The lowest BCUT2D eigenvalue weighted by molar-refractivity contribution is -0.139. The number of alkyl halides is 3. The molecule has 1 fully saturated rings. The quantitative estimate of drug-likeness (QED) is 0.816. The molecule has 0 spiro atoms. The number of carboxylic acid groups (broad SMARTS) is 1. The number of nitrogens with zero attached hydrogens (tertiary/aromatic N) is 2. The van der Waals surface area contributed by atoms with Gasteiger partial charge in [0, 0.05) is 32.2 Å². The maximum Gasteiger partial charge on any atom is 0.391 e. The number of rotatable bonds is 4. The number of carbonyl (C=O) groups excluding carboxylic acids is 1. The van der Waals surface area contributed by atoms with E-state index >= 15 is 0 Å². The fraction of sp³-hybridized carbons (Fsp3) is 0.833. The Morgan fingerprint density at radius 3 is 2.48 bits per heavy atom. The zero-order valence-corrected chi connectivity index (χ0v) is 11.8. The smallest absolute Gasteiger partial charge is 0.391 e. The Morgan fingerprint density at radius 1 is 1.24 bits per heavy atom. The normalized spacial score (nSPS) is 19.0. The van der Waals surface area contributed by atoms with Gasteiger partial charge >= 0.3 is 18.2 Å². The minimum Gasteiger partial charge on any atom is -0.480 e. The van der Waals surface area contributed by atoms with Gasteiger partial charge in [0.1, 0.15) is 0 Å². The van der Waals surface area contributed by atoms with Gasteiger partial charge in [-0.15, -0.1) is 0 Å². The Bertz CT molecular complexity index is 376. The Kier molecular flexibility index (Phi) is 6.25. The summed E-state index contributed by atoms with van der Waals surface area (Å²) in [6.07, 6.45) is -4.80. The average molecular weight is 311 g/mol. The number of amides is 2. The van der Waals surface area contributed by atoms with Gasteiger partial charge in [0.15, 0.2) is 0 Å². The van der Waals surface area contributed by atoms with E-state index in [1.54, 1.807) is 4.90 Å². The first kappa shape index (κ1) is 17.5. The highest BCUT2D eigenvalue weighted by Gasteiger charge is 2.31. The maximum absolute atomic E-state index is 12.2. The van der Waals surface area contributed by atoms with Crippen LogP contribution in [-0.4, -0.2) is 71.8 Å². The van der Waals surface area contributed by atoms with Crippen LogP contribution in [0.1, 0.15) is 19.8 Å². The molecule has 2 N–H and O–H groups in total. The molecular formula is C12H20F3N3O3. The van der Waals surface area contributed by atoms with Gasteiger partial charge in [-0.25, -0.2) is 4.79 Å². The summed E-state index contributed by atoms with van der Waals surface area (Å²) in [6, 6.07) is -1.53. The number of urea groups is 1. The van der Waals surface area contributed by atoms with Crippen LogP contribution >= 0.6 is 0 Å². The largest absolute Gasteiger partial charge is 0.480 e. The van der Waals surface area contributed by atoms with Crippen molar-refractivity contribution in [3.05, 3.63) is 0 Å². The van der Waals surface area contributed by atoms with Gasteiger partial charge in [0.25, 0.3) is 0 Å². The van der Waals surface area contributed by atoms with Gasteiger partial charge in [-0.1, -0.05) is 0 Å². The summed E-state index contributed by atoms with van der Waals surface area (Å²) in [4.78, 5) is 25.6. The number of carbonyl (C=O) groups is 2. The van der Waals surface area contributed by atoms with Crippen molar-refractivity contribution in [2.45, 2.75) is 32.0 Å². The number of nitrogens with one attached hydrogen (secondary N) is 1. The molecule has 6 nitrogen and oxygen atoms in total. The van der Waals surface area contributed by atoms with Crippen LogP contribution in [0.5, 0.6) is 0 Å². The predicted molar refractivity (Wildman–Crippen MR) is 68.9 cm³/mol. The molecule has 0 aliphatic carbocycles. The molecule has 0 bridgehead atoms. The highest BCUT2D eigenvalue weighted by Crippen LogP contribution is 2.21. The Balaban J connectivity index is 2.43. The van der Waals surface area contributed by atoms with Crippen molar-refractivity contribution in [3.8, 4) is 0 Å². The molecule has 0 saturated carbocycles. The molecule has 21 heavy (non-hydrogen) atoms. The highest BCUT2D eigenvalue weighted by molar-refractivity contribution is 5.74. The summed E-state index contributed by atoms with van der Waals surface area (Å²) in [5.74, 6) is -0.938. The minimum absolute atomic E-state index is 0.0973. The van der Waals surface area contributed by atoms with Crippen LogP contribution in [0.4, 0.5) is 18.0 Å². The molecule has 1 saturated heterocycles. The molecule has 1 heterocycles. The first-order valence-corrected chi connectivity index (χ1v) is 6.73. The molecule has 122 valence electrons. The van der Waals surface area contributed by atoms with Crippen LogP contribution in [0.25, 0.3) is 0 Å². The Labute approximate surface area is 120 Å².